The van der Waals surface area contributed by atoms with Crippen LogP contribution in [0.4, 0.5) is 23.2 Å². The molecule has 0 heterocycles. The summed E-state index contributed by atoms with van der Waals surface area (Å²) < 4.78 is 74.8. The minimum atomic E-state index is -4.43. The molecule has 0 aliphatic rings. The first-order valence-corrected chi connectivity index (χ1v) is 7.12. The number of aryl methyl sites for hydroxylation is 1. The number of hydrogen-bond donors (Lipinski definition) is 2. The SMILES string of the molecule is CCc1ccc(N)cc1S(=O)(=O)NCC(F)(F)C(F)F. The number of benzene rings is 1. The summed E-state index contributed by atoms with van der Waals surface area (Å²) in [7, 11) is -4.34. The van der Waals surface area contributed by atoms with Gasteiger partial charge in [-0.2, -0.15) is 8.78 Å². The maximum atomic E-state index is 12.8. The van der Waals surface area contributed by atoms with Crippen molar-refractivity contribution in [1.29, 1.82) is 0 Å². The van der Waals surface area contributed by atoms with E-state index in [2.05, 4.69) is 0 Å². The molecule has 9 heteroatoms. The molecule has 0 bridgehead atoms. The maximum Gasteiger partial charge on any atom is 0.320 e. The molecule has 1 rings (SSSR count). The molecule has 0 fully saturated rings. The molecule has 0 radical (unpaired) electrons. The Morgan fingerprint density at radius 2 is 1.95 bits per heavy atom. The molecule has 0 amide bonds. The summed E-state index contributed by atoms with van der Waals surface area (Å²) in [6.07, 6.45) is -3.63. The van der Waals surface area contributed by atoms with Crippen LogP contribution in [0.2, 0.25) is 0 Å². The molecule has 0 saturated carbocycles. The highest BCUT2D eigenvalue weighted by Crippen LogP contribution is 2.24. The summed E-state index contributed by atoms with van der Waals surface area (Å²) in [4.78, 5) is -0.287. The standard InChI is InChI=1S/C11H14F4N2O2S/c1-2-7-3-4-8(16)5-9(7)20(18,19)17-6-11(14,15)10(12)13/h3-5,10,17H,2,6,16H2,1H3. The van der Waals surface area contributed by atoms with Crippen molar-refractivity contribution in [2.45, 2.75) is 30.6 Å². The summed E-state index contributed by atoms with van der Waals surface area (Å²) in [6.45, 7) is -0.0107. The summed E-state index contributed by atoms with van der Waals surface area (Å²) in [5.74, 6) is -4.43. The molecule has 0 aromatic heterocycles. The number of alkyl halides is 4. The van der Waals surface area contributed by atoms with Crippen LogP contribution < -0.4 is 10.5 Å². The topological polar surface area (TPSA) is 72.2 Å². The molecule has 1 aromatic rings. The highest BCUT2D eigenvalue weighted by atomic mass is 32.2. The first kappa shape index (κ1) is 16.7. The molecule has 0 aliphatic carbocycles. The van der Waals surface area contributed by atoms with Crippen molar-refractivity contribution < 1.29 is 26.0 Å². The van der Waals surface area contributed by atoms with Crippen LogP contribution in [0, 0.1) is 0 Å². The summed E-state index contributed by atoms with van der Waals surface area (Å²) in [6, 6.07) is 4.00. The number of anilines is 1. The zero-order valence-corrected chi connectivity index (χ0v) is 11.4. The van der Waals surface area contributed by atoms with Gasteiger partial charge in [0.25, 0.3) is 0 Å². The first-order chi connectivity index (χ1) is 9.10. The van der Waals surface area contributed by atoms with E-state index in [0.717, 1.165) is 6.07 Å². The van der Waals surface area contributed by atoms with Crippen molar-refractivity contribution in [3.63, 3.8) is 0 Å². The van der Waals surface area contributed by atoms with Crippen molar-refractivity contribution in [3.8, 4) is 0 Å². The molecule has 4 nitrogen and oxygen atoms in total. The Hall–Kier alpha value is -1.35. The number of sulfonamides is 1. The Bertz CT molecular complexity index is 576. The average Bonchev–Trinajstić information content (AvgIpc) is 2.36. The molecule has 0 unspecified atom stereocenters. The van der Waals surface area contributed by atoms with Crippen LogP contribution in [0.25, 0.3) is 0 Å². The second kappa shape index (κ2) is 5.96. The summed E-state index contributed by atoms with van der Waals surface area (Å²) in [5, 5.41) is 0. The largest absolute Gasteiger partial charge is 0.399 e. The highest BCUT2D eigenvalue weighted by molar-refractivity contribution is 7.89. The van der Waals surface area contributed by atoms with Crippen LogP contribution in [0.3, 0.4) is 0 Å². The first-order valence-electron chi connectivity index (χ1n) is 5.64. The normalized spacial score (nSPS) is 12.9. The van der Waals surface area contributed by atoms with Gasteiger partial charge in [-0.3, -0.25) is 0 Å². The molecule has 0 saturated heterocycles. The molecule has 3 N–H and O–H groups in total. The summed E-state index contributed by atoms with van der Waals surface area (Å²) in [5.41, 5.74) is 5.93. The number of hydrogen-bond acceptors (Lipinski definition) is 3. The number of halogens is 4. The lowest BCUT2D eigenvalue weighted by atomic mass is 10.1. The highest BCUT2D eigenvalue weighted by Gasteiger charge is 2.41. The molecule has 0 aliphatic heterocycles. The average molecular weight is 314 g/mol. The molecule has 114 valence electrons. The second-order valence-electron chi connectivity index (χ2n) is 4.11. The van der Waals surface area contributed by atoms with Gasteiger partial charge in [-0.05, 0) is 24.1 Å². The van der Waals surface area contributed by atoms with Gasteiger partial charge >= 0.3 is 12.3 Å². The van der Waals surface area contributed by atoms with Gasteiger partial charge in [0.2, 0.25) is 10.0 Å². The fraction of sp³-hybridized carbons (Fsp3) is 0.455. The lowest BCUT2D eigenvalue weighted by Gasteiger charge is -2.17. The number of nitrogens with one attached hydrogen (secondary N) is 1. The van der Waals surface area contributed by atoms with Crippen LogP contribution in [-0.4, -0.2) is 27.3 Å². The number of nitrogen functional groups attached to an aromatic ring is 1. The minimum absolute atomic E-state index is 0.128. The van der Waals surface area contributed by atoms with Gasteiger partial charge < -0.3 is 5.73 Å². The molecule has 1 aromatic carbocycles. The number of nitrogens with two attached hydrogens (primary N) is 1. The Morgan fingerprint density at radius 3 is 2.45 bits per heavy atom. The predicted octanol–water partition coefficient (Wildman–Crippen LogP) is 2.01. The van der Waals surface area contributed by atoms with Gasteiger partial charge in [-0.25, -0.2) is 21.9 Å². The zero-order valence-electron chi connectivity index (χ0n) is 10.5. The van der Waals surface area contributed by atoms with Crippen molar-refractivity contribution in [1.82, 2.24) is 4.72 Å². The monoisotopic (exact) mass is 314 g/mol. The van der Waals surface area contributed by atoms with Crippen LogP contribution in [0.15, 0.2) is 23.1 Å². The van der Waals surface area contributed by atoms with Gasteiger partial charge in [0, 0.05) is 5.69 Å². The minimum Gasteiger partial charge on any atom is -0.399 e. The van der Waals surface area contributed by atoms with Gasteiger partial charge in [0.05, 0.1) is 11.4 Å². The van der Waals surface area contributed by atoms with E-state index >= 15 is 0 Å². The van der Waals surface area contributed by atoms with E-state index in [-0.39, 0.29) is 10.6 Å². The lowest BCUT2D eigenvalue weighted by molar-refractivity contribution is -0.122. The smallest absolute Gasteiger partial charge is 0.320 e. The van der Waals surface area contributed by atoms with Crippen molar-refractivity contribution >= 4 is 15.7 Å². The Kier molecular flexibility index (Phi) is 4.98. The number of rotatable bonds is 6. The Balaban J connectivity index is 3.03. The third kappa shape index (κ3) is 3.83. The third-order valence-corrected chi connectivity index (χ3v) is 4.06. The molecule has 20 heavy (non-hydrogen) atoms. The maximum absolute atomic E-state index is 12.8. The molecule has 0 spiro atoms. The predicted molar refractivity (Wildman–Crippen MR) is 66.4 cm³/mol. The Labute approximate surface area is 114 Å². The van der Waals surface area contributed by atoms with Crippen LogP contribution in [0.5, 0.6) is 0 Å². The van der Waals surface area contributed by atoms with Gasteiger partial charge in [-0.15, -0.1) is 0 Å². The Morgan fingerprint density at radius 1 is 1.35 bits per heavy atom. The van der Waals surface area contributed by atoms with E-state index in [4.69, 9.17) is 5.73 Å². The van der Waals surface area contributed by atoms with E-state index in [1.165, 1.54) is 16.9 Å². The van der Waals surface area contributed by atoms with Crippen molar-refractivity contribution in [2.24, 2.45) is 0 Å². The fourth-order valence-corrected chi connectivity index (χ4v) is 2.85. The second-order valence-corrected chi connectivity index (χ2v) is 5.84. The fourth-order valence-electron chi connectivity index (χ4n) is 1.46. The molecular weight excluding hydrogens is 300 g/mol. The van der Waals surface area contributed by atoms with Crippen molar-refractivity contribution in [2.75, 3.05) is 12.3 Å². The quantitative estimate of drug-likeness (QED) is 0.623. The van der Waals surface area contributed by atoms with Crippen LogP contribution in [0.1, 0.15) is 12.5 Å². The van der Waals surface area contributed by atoms with Crippen molar-refractivity contribution in [3.05, 3.63) is 23.8 Å². The molecule has 0 atom stereocenters. The van der Waals surface area contributed by atoms with Gasteiger partial charge in [0.1, 0.15) is 0 Å². The van der Waals surface area contributed by atoms with E-state index < -0.39 is 28.9 Å². The van der Waals surface area contributed by atoms with Gasteiger partial charge in [-0.1, -0.05) is 13.0 Å². The lowest BCUT2D eigenvalue weighted by Crippen LogP contribution is -2.41. The van der Waals surface area contributed by atoms with E-state index in [1.807, 2.05) is 0 Å². The van der Waals surface area contributed by atoms with Crippen LogP contribution >= 0.6 is 0 Å². The third-order valence-electron chi connectivity index (χ3n) is 2.58. The van der Waals surface area contributed by atoms with Gasteiger partial charge in [0.15, 0.2) is 0 Å². The zero-order chi connectivity index (χ0) is 15.6. The molecular formula is C11H14F4N2O2S. The summed E-state index contributed by atoms with van der Waals surface area (Å²) >= 11 is 0. The van der Waals surface area contributed by atoms with E-state index in [1.54, 1.807) is 6.92 Å². The van der Waals surface area contributed by atoms with E-state index in [9.17, 15) is 26.0 Å². The van der Waals surface area contributed by atoms with E-state index in [0.29, 0.717) is 12.0 Å². The van der Waals surface area contributed by atoms with Crippen LogP contribution in [-0.2, 0) is 16.4 Å².